The van der Waals surface area contributed by atoms with Crippen LogP contribution in [0.2, 0.25) is 0 Å². The van der Waals surface area contributed by atoms with Crippen molar-refractivity contribution in [2.75, 3.05) is 13.2 Å². The molecule has 3 rings (SSSR count). The predicted octanol–water partition coefficient (Wildman–Crippen LogP) is 8.86. The molecule has 0 fully saturated rings. The number of benzene rings is 2. The molecule has 0 spiro atoms. The molecule has 1 heterocycles. The summed E-state index contributed by atoms with van der Waals surface area (Å²) in [6.07, 6.45) is 0. The van der Waals surface area contributed by atoms with Crippen molar-refractivity contribution in [3.05, 3.63) is 42.5 Å². The van der Waals surface area contributed by atoms with E-state index in [1.807, 2.05) is 42.5 Å². The second-order valence-electron chi connectivity index (χ2n) is 5.12. The number of fused-ring (bicyclic) bond motifs is 1. The fourth-order valence-electron chi connectivity index (χ4n) is 2.32. The summed E-state index contributed by atoms with van der Waals surface area (Å²) in [5.74, 6) is -2.60. The van der Waals surface area contributed by atoms with Gasteiger partial charge in [-0.3, -0.25) is 4.52 Å². The summed E-state index contributed by atoms with van der Waals surface area (Å²) in [6, 6.07) is 13.6. The average Bonchev–Trinajstić information content (AvgIpc) is 2.52. The van der Waals surface area contributed by atoms with Crippen LogP contribution in [0, 0.1) is 0 Å². The average molecular weight is 475 g/mol. The summed E-state index contributed by atoms with van der Waals surface area (Å²) in [5.41, 5.74) is 0. The fraction of sp³-hybridized carbons (Fsp3) is 0.286. The van der Waals surface area contributed by atoms with E-state index in [0.29, 0.717) is 19.0 Å². The molecule has 2 aromatic rings. The third-order valence-electron chi connectivity index (χ3n) is 3.20. The summed E-state index contributed by atoms with van der Waals surface area (Å²) in [6.45, 7) is 1.09. The van der Waals surface area contributed by atoms with Crippen molar-refractivity contribution in [2.24, 2.45) is 13.5 Å². The monoisotopic (exact) mass is 473 g/mol. The molecule has 1 aliphatic heterocycles. The van der Waals surface area contributed by atoms with Gasteiger partial charge in [0.2, 0.25) is 0 Å². The quantitative estimate of drug-likeness (QED) is 0.393. The van der Waals surface area contributed by atoms with Gasteiger partial charge >= 0.3 is 14.4 Å². The molecule has 0 radical (unpaired) electrons. The molecular weight excluding hydrogens is 457 g/mol. The van der Waals surface area contributed by atoms with Crippen LogP contribution in [-0.4, -0.2) is 13.2 Å². The van der Waals surface area contributed by atoms with Crippen LogP contribution in [0.15, 0.2) is 56.0 Å². The lowest BCUT2D eigenvalue weighted by atomic mass is 10.1. The molecule has 12 heteroatoms. The third kappa shape index (κ3) is 4.87. The van der Waals surface area contributed by atoms with Crippen molar-refractivity contribution in [1.29, 1.82) is 0 Å². The molecule has 6 nitrogen and oxygen atoms in total. The second kappa shape index (κ2) is 8.15. The summed E-state index contributed by atoms with van der Waals surface area (Å²) in [4.78, 5) is 0. The van der Waals surface area contributed by atoms with E-state index >= 15 is 0 Å². The first kappa shape index (κ1) is 20.7. The highest BCUT2D eigenvalue weighted by atomic mass is 35.9. The zero-order valence-corrected chi connectivity index (χ0v) is 18.9. The summed E-state index contributed by atoms with van der Waals surface area (Å²) < 4.78 is 30.3. The molecule has 0 aromatic heterocycles. The molecule has 0 saturated heterocycles. The Bertz CT molecular complexity index is 993. The molecule has 1 aliphatic rings. The first-order valence-electron chi connectivity index (χ1n) is 7.77. The minimum atomic E-state index is -3.23. The van der Waals surface area contributed by atoms with Crippen molar-refractivity contribution in [3.8, 4) is 5.75 Å². The normalized spacial score (nSPS) is 27.3. The van der Waals surface area contributed by atoms with Gasteiger partial charge in [0.15, 0.2) is 0 Å². The molecule has 26 heavy (non-hydrogen) atoms. The van der Waals surface area contributed by atoms with Crippen LogP contribution < -0.4 is 4.52 Å². The predicted molar refractivity (Wildman–Crippen MR) is 113 cm³/mol. The fourth-order valence-corrected chi connectivity index (χ4v) is 15.0. The van der Waals surface area contributed by atoms with E-state index < -0.39 is 20.4 Å². The van der Waals surface area contributed by atoms with Gasteiger partial charge in [0.05, 0.1) is 13.2 Å². The van der Waals surface area contributed by atoms with Crippen LogP contribution in [0.1, 0.15) is 13.8 Å². The Hall–Kier alpha value is -0.0200. The van der Waals surface area contributed by atoms with Crippen molar-refractivity contribution in [1.82, 2.24) is 0 Å². The number of halogens is 3. The third-order valence-corrected chi connectivity index (χ3v) is 14.1. The standard InChI is InChI=1S/C14H17Cl3N3O3P3/c1-3-21-25(17)18-24(15,16)19-26(20-25,22-4-2)23-14-10-9-12-7-5-6-8-13(12)11-14/h5-11H,3-4H2,1-2H3/t25-,26-/m1/s1. The Balaban J connectivity index is 2.11. The van der Waals surface area contributed by atoms with Gasteiger partial charge in [-0.2, -0.15) is 9.03 Å². The topological polar surface area (TPSA) is 64.8 Å². The molecule has 0 bridgehead atoms. The highest BCUT2D eigenvalue weighted by Gasteiger charge is 2.38. The largest absolute Gasteiger partial charge is 0.422 e. The lowest BCUT2D eigenvalue weighted by Crippen LogP contribution is -1.98. The maximum Gasteiger partial charge on any atom is 0.400 e. The Morgan fingerprint density at radius 3 is 2.23 bits per heavy atom. The molecule has 0 unspecified atom stereocenters. The van der Waals surface area contributed by atoms with E-state index in [2.05, 4.69) is 13.5 Å². The van der Waals surface area contributed by atoms with E-state index in [4.69, 9.17) is 47.3 Å². The SMILES string of the molecule is CCO[P@]1(Cl)=NP(Cl)(Cl)=N[P@@](OCC)(Oc2ccc3ccccc3c2)=N1. The van der Waals surface area contributed by atoms with E-state index in [0.717, 1.165) is 10.8 Å². The van der Waals surface area contributed by atoms with Crippen LogP contribution >= 0.6 is 54.1 Å². The Labute approximate surface area is 167 Å². The van der Waals surface area contributed by atoms with E-state index in [9.17, 15) is 0 Å². The molecule has 0 saturated carbocycles. The highest BCUT2D eigenvalue weighted by Crippen LogP contribution is 2.84. The maximum atomic E-state index is 6.46. The lowest BCUT2D eigenvalue weighted by molar-refractivity contribution is 0.324. The first-order chi connectivity index (χ1) is 12.3. The smallest absolute Gasteiger partial charge is 0.400 e. The number of rotatable bonds is 6. The van der Waals surface area contributed by atoms with E-state index in [1.54, 1.807) is 13.8 Å². The summed E-state index contributed by atoms with van der Waals surface area (Å²) in [5, 5.41) is 2.09. The molecular formula is C14H17Cl3N3O3P3. The Kier molecular flexibility index (Phi) is 6.49. The van der Waals surface area contributed by atoms with Crippen molar-refractivity contribution >= 4 is 64.8 Å². The molecule has 2 atom stereocenters. The molecule has 0 aliphatic carbocycles. The molecule has 0 N–H and O–H groups in total. The number of nitrogens with zero attached hydrogens (tertiary/aromatic N) is 3. The highest BCUT2D eigenvalue weighted by molar-refractivity contribution is 8.14. The Morgan fingerprint density at radius 1 is 0.846 bits per heavy atom. The van der Waals surface area contributed by atoms with Gasteiger partial charge in [-0.15, -0.1) is 4.52 Å². The van der Waals surface area contributed by atoms with Crippen LogP contribution in [0.4, 0.5) is 0 Å². The molecule has 0 amide bonds. The van der Waals surface area contributed by atoms with Gasteiger partial charge in [-0.25, -0.2) is 0 Å². The minimum absolute atomic E-state index is 0.297. The van der Waals surface area contributed by atoms with Gasteiger partial charge in [-0.1, -0.05) is 30.3 Å². The maximum absolute atomic E-state index is 6.46. The number of hydrogen-bond donors (Lipinski definition) is 0. The second-order valence-corrected chi connectivity index (χ2v) is 15.5. The van der Waals surface area contributed by atoms with Crippen molar-refractivity contribution < 1.29 is 13.6 Å². The van der Waals surface area contributed by atoms with Gasteiger partial charge < -0.3 is 9.05 Å². The van der Waals surface area contributed by atoms with Gasteiger partial charge in [0.1, 0.15) is 5.75 Å². The van der Waals surface area contributed by atoms with Gasteiger partial charge in [0.25, 0.3) is 5.91 Å². The van der Waals surface area contributed by atoms with Crippen LogP contribution in [0.3, 0.4) is 0 Å². The van der Waals surface area contributed by atoms with Crippen molar-refractivity contribution in [2.45, 2.75) is 13.8 Å². The van der Waals surface area contributed by atoms with Gasteiger partial charge in [0, 0.05) is 0 Å². The zero-order valence-electron chi connectivity index (χ0n) is 14.0. The van der Waals surface area contributed by atoms with Crippen LogP contribution in [0.5, 0.6) is 5.75 Å². The Morgan fingerprint density at radius 2 is 1.54 bits per heavy atom. The summed E-state index contributed by atoms with van der Waals surface area (Å²) >= 11 is 19.0. The molecule has 2 aromatic carbocycles. The number of hydrogen-bond acceptors (Lipinski definition) is 6. The lowest BCUT2D eigenvalue weighted by Gasteiger charge is -2.27. The van der Waals surface area contributed by atoms with E-state index in [-0.39, 0.29) is 0 Å². The van der Waals surface area contributed by atoms with Gasteiger partial charge in [-0.05, 0) is 70.5 Å². The van der Waals surface area contributed by atoms with Crippen LogP contribution in [-0.2, 0) is 9.05 Å². The van der Waals surface area contributed by atoms with Crippen molar-refractivity contribution in [3.63, 3.8) is 0 Å². The molecule has 142 valence electrons. The first-order valence-corrected chi connectivity index (χ1v) is 15.3. The summed E-state index contributed by atoms with van der Waals surface area (Å²) in [7, 11) is -3.23. The minimum Gasteiger partial charge on any atom is -0.422 e. The zero-order chi connectivity index (χ0) is 18.8. The van der Waals surface area contributed by atoms with E-state index in [1.165, 1.54) is 0 Å². The van der Waals surface area contributed by atoms with Crippen LogP contribution in [0.25, 0.3) is 10.8 Å².